The van der Waals surface area contributed by atoms with Gasteiger partial charge in [-0.1, -0.05) is 0 Å². The summed E-state index contributed by atoms with van der Waals surface area (Å²) in [5, 5.41) is 0. The monoisotopic (exact) mass is 248 g/mol. The molecule has 1 aliphatic rings. The summed E-state index contributed by atoms with van der Waals surface area (Å²) in [6, 6.07) is 0. The topological polar surface area (TPSA) is 57.7 Å². The van der Waals surface area contributed by atoms with E-state index in [9.17, 15) is 13.2 Å². The molecule has 0 N–H and O–H groups in total. The van der Waals surface area contributed by atoms with Crippen molar-refractivity contribution in [2.75, 3.05) is 26.2 Å². The highest BCUT2D eigenvalue weighted by Gasteiger charge is 2.36. The first-order valence-electron chi connectivity index (χ1n) is 5.41. The zero-order valence-electron chi connectivity index (χ0n) is 10.4. The fraction of sp³-hybridized carbons (Fsp3) is 0.900. The van der Waals surface area contributed by atoms with Crippen molar-refractivity contribution in [2.45, 2.75) is 32.4 Å². The van der Waals surface area contributed by atoms with Crippen LogP contribution in [0.4, 0.5) is 0 Å². The van der Waals surface area contributed by atoms with Gasteiger partial charge in [-0.05, 0) is 20.8 Å². The van der Waals surface area contributed by atoms with Gasteiger partial charge in [0.25, 0.3) is 0 Å². The lowest BCUT2D eigenvalue weighted by Gasteiger charge is -2.36. The van der Waals surface area contributed by atoms with Gasteiger partial charge in [0.2, 0.25) is 15.9 Å². The van der Waals surface area contributed by atoms with Crippen molar-refractivity contribution < 1.29 is 13.2 Å². The van der Waals surface area contributed by atoms with E-state index in [0.717, 1.165) is 0 Å². The smallest absolute Gasteiger partial charge is 0.219 e. The van der Waals surface area contributed by atoms with Crippen molar-refractivity contribution in [1.29, 1.82) is 0 Å². The minimum absolute atomic E-state index is 0.00723. The molecule has 0 bridgehead atoms. The normalized spacial score (nSPS) is 19.9. The predicted octanol–water partition coefficient (Wildman–Crippen LogP) is 0.279. The van der Waals surface area contributed by atoms with Crippen LogP contribution in [0, 0.1) is 0 Å². The van der Waals surface area contributed by atoms with E-state index >= 15 is 0 Å². The van der Waals surface area contributed by atoms with Gasteiger partial charge in [-0.25, -0.2) is 8.42 Å². The zero-order chi connectivity index (χ0) is 12.6. The van der Waals surface area contributed by atoms with Gasteiger partial charge in [0.1, 0.15) is 0 Å². The van der Waals surface area contributed by atoms with Crippen LogP contribution in [0.1, 0.15) is 27.7 Å². The van der Waals surface area contributed by atoms with Gasteiger partial charge in [-0.2, -0.15) is 4.31 Å². The van der Waals surface area contributed by atoms with Gasteiger partial charge in [-0.3, -0.25) is 4.79 Å². The first-order chi connectivity index (χ1) is 7.16. The highest BCUT2D eigenvalue weighted by Crippen LogP contribution is 2.21. The molecule has 0 aromatic heterocycles. The zero-order valence-corrected chi connectivity index (χ0v) is 11.2. The maximum atomic E-state index is 12.1. The maximum absolute atomic E-state index is 12.1. The SMILES string of the molecule is CC(=O)N1CCN(S(=O)(=O)C(C)(C)C)CC1. The van der Waals surface area contributed by atoms with E-state index < -0.39 is 14.8 Å². The second-order valence-corrected chi connectivity index (χ2v) is 7.71. The van der Waals surface area contributed by atoms with E-state index in [4.69, 9.17) is 0 Å². The van der Waals surface area contributed by atoms with Gasteiger partial charge in [0, 0.05) is 33.1 Å². The van der Waals surface area contributed by atoms with Crippen LogP contribution in [0.15, 0.2) is 0 Å². The predicted molar refractivity (Wildman–Crippen MR) is 62.5 cm³/mol. The van der Waals surface area contributed by atoms with Crippen molar-refractivity contribution in [3.8, 4) is 0 Å². The van der Waals surface area contributed by atoms with Gasteiger partial charge in [-0.15, -0.1) is 0 Å². The molecule has 6 heteroatoms. The maximum Gasteiger partial charge on any atom is 0.219 e. The van der Waals surface area contributed by atoms with E-state index in [-0.39, 0.29) is 5.91 Å². The van der Waals surface area contributed by atoms with Crippen LogP contribution in [0.5, 0.6) is 0 Å². The highest BCUT2D eigenvalue weighted by molar-refractivity contribution is 7.90. The summed E-state index contributed by atoms with van der Waals surface area (Å²) < 4.78 is 24.9. The van der Waals surface area contributed by atoms with Crippen LogP contribution >= 0.6 is 0 Å². The van der Waals surface area contributed by atoms with Crippen LogP contribution in [0.25, 0.3) is 0 Å². The highest BCUT2D eigenvalue weighted by atomic mass is 32.2. The number of nitrogens with zero attached hydrogens (tertiary/aromatic N) is 2. The second kappa shape index (κ2) is 4.33. The number of hydrogen-bond donors (Lipinski definition) is 0. The lowest BCUT2D eigenvalue weighted by atomic mass is 10.3. The number of rotatable bonds is 1. The molecule has 1 rings (SSSR count). The molecule has 0 radical (unpaired) electrons. The Morgan fingerprint density at radius 1 is 1.06 bits per heavy atom. The molecule has 94 valence electrons. The van der Waals surface area contributed by atoms with E-state index in [1.807, 2.05) is 0 Å². The molecule has 0 aromatic carbocycles. The molecule has 1 heterocycles. The standard InChI is InChI=1S/C10H20N2O3S/c1-9(13)11-5-7-12(8-6-11)16(14,15)10(2,3)4/h5-8H2,1-4H3. The molecule has 0 aromatic rings. The van der Waals surface area contributed by atoms with Crippen LogP contribution in [0.3, 0.4) is 0 Å². The molecular weight excluding hydrogens is 228 g/mol. The molecule has 0 atom stereocenters. The molecular formula is C10H20N2O3S. The molecule has 0 aliphatic carbocycles. The van der Waals surface area contributed by atoms with Gasteiger partial charge < -0.3 is 4.90 Å². The molecule has 1 amide bonds. The van der Waals surface area contributed by atoms with Gasteiger partial charge >= 0.3 is 0 Å². The summed E-state index contributed by atoms with van der Waals surface area (Å²) in [6.45, 7) is 8.38. The van der Waals surface area contributed by atoms with Crippen LogP contribution in [0.2, 0.25) is 0 Å². The van der Waals surface area contributed by atoms with Crippen molar-refractivity contribution >= 4 is 15.9 Å². The summed E-state index contributed by atoms with van der Waals surface area (Å²) in [6.07, 6.45) is 0. The lowest BCUT2D eigenvalue weighted by molar-refractivity contribution is -0.129. The summed E-state index contributed by atoms with van der Waals surface area (Å²) in [7, 11) is -3.25. The molecule has 16 heavy (non-hydrogen) atoms. The Balaban J connectivity index is 2.72. The van der Waals surface area contributed by atoms with Crippen LogP contribution < -0.4 is 0 Å². The Hall–Kier alpha value is -0.620. The van der Waals surface area contributed by atoms with E-state index in [1.54, 1.807) is 25.7 Å². The van der Waals surface area contributed by atoms with Crippen LogP contribution in [-0.4, -0.2) is 54.5 Å². The quantitative estimate of drug-likeness (QED) is 0.669. The van der Waals surface area contributed by atoms with E-state index in [2.05, 4.69) is 0 Å². The van der Waals surface area contributed by atoms with Crippen molar-refractivity contribution in [1.82, 2.24) is 9.21 Å². The molecule has 1 fully saturated rings. The third kappa shape index (κ3) is 2.55. The number of amides is 1. The molecule has 1 saturated heterocycles. The number of sulfonamides is 1. The summed E-state index contributed by atoms with van der Waals surface area (Å²) in [5.41, 5.74) is 0. The van der Waals surface area contributed by atoms with Gasteiger partial charge in [0.15, 0.2) is 0 Å². The molecule has 0 unspecified atom stereocenters. The number of carbonyl (C=O) groups excluding carboxylic acids is 1. The van der Waals surface area contributed by atoms with Crippen LogP contribution in [-0.2, 0) is 14.8 Å². The average Bonchev–Trinajstić information content (AvgIpc) is 2.16. The Morgan fingerprint density at radius 2 is 1.50 bits per heavy atom. The fourth-order valence-corrected chi connectivity index (χ4v) is 3.05. The fourth-order valence-electron chi connectivity index (χ4n) is 1.63. The van der Waals surface area contributed by atoms with E-state index in [1.165, 1.54) is 11.2 Å². The number of carbonyl (C=O) groups is 1. The summed E-state index contributed by atoms with van der Waals surface area (Å²) >= 11 is 0. The second-order valence-electron chi connectivity index (χ2n) is 5.02. The first-order valence-corrected chi connectivity index (χ1v) is 6.85. The van der Waals surface area contributed by atoms with Crippen molar-refractivity contribution in [2.24, 2.45) is 0 Å². The number of hydrogen-bond acceptors (Lipinski definition) is 3. The summed E-state index contributed by atoms with van der Waals surface area (Å²) in [5.74, 6) is 0.00723. The van der Waals surface area contributed by atoms with Gasteiger partial charge in [0.05, 0.1) is 4.75 Å². The van der Waals surface area contributed by atoms with Crippen molar-refractivity contribution in [3.63, 3.8) is 0 Å². The Bertz CT molecular complexity index is 362. The Labute approximate surface area is 97.5 Å². The third-order valence-electron chi connectivity index (χ3n) is 2.80. The first kappa shape index (κ1) is 13.4. The minimum atomic E-state index is -3.25. The average molecular weight is 248 g/mol. The third-order valence-corrected chi connectivity index (χ3v) is 5.39. The largest absolute Gasteiger partial charge is 0.340 e. The van der Waals surface area contributed by atoms with E-state index in [0.29, 0.717) is 26.2 Å². The lowest BCUT2D eigenvalue weighted by Crippen LogP contribution is -2.53. The Morgan fingerprint density at radius 3 is 1.81 bits per heavy atom. The summed E-state index contributed by atoms with van der Waals surface area (Å²) in [4.78, 5) is 12.8. The molecule has 0 spiro atoms. The van der Waals surface area contributed by atoms with Crippen molar-refractivity contribution in [3.05, 3.63) is 0 Å². The molecule has 1 aliphatic heterocycles. The Kier molecular flexibility index (Phi) is 3.64. The minimum Gasteiger partial charge on any atom is -0.340 e. The molecule has 5 nitrogen and oxygen atoms in total. The molecule has 0 saturated carbocycles. The number of piperazine rings is 1.